The topological polar surface area (TPSA) is 67.6 Å². The average Bonchev–Trinajstić information content (AvgIpc) is 3.20. The number of benzene rings is 1. The van der Waals surface area contributed by atoms with Gasteiger partial charge in [-0.15, -0.1) is 0 Å². The highest BCUT2D eigenvalue weighted by Gasteiger charge is 2.32. The fraction of sp³-hybridized carbons (Fsp3) is 0.600. The van der Waals surface area contributed by atoms with Gasteiger partial charge in [-0.05, 0) is 38.3 Å². The molecule has 6 heteroatoms. The fourth-order valence-electron chi connectivity index (χ4n) is 3.00. The molecule has 6 nitrogen and oxygen atoms in total. The van der Waals surface area contributed by atoms with Crippen molar-refractivity contribution in [3.63, 3.8) is 0 Å². The Morgan fingerprint density at radius 2 is 2.24 bits per heavy atom. The molecule has 1 saturated heterocycles. The van der Waals surface area contributed by atoms with Crippen LogP contribution in [0.4, 0.5) is 11.4 Å². The maximum absolute atomic E-state index is 11.0. The second-order valence-corrected chi connectivity index (χ2v) is 5.79. The van der Waals surface area contributed by atoms with Crippen molar-refractivity contribution in [1.82, 2.24) is 5.32 Å². The number of hydrogen-bond donors (Lipinski definition) is 1. The summed E-state index contributed by atoms with van der Waals surface area (Å²) in [5.41, 5.74) is 1.05. The zero-order valence-corrected chi connectivity index (χ0v) is 12.2. The van der Waals surface area contributed by atoms with Crippen LogP contribution in [-0.2, 0) is 0 Å². The molecule has 1 unspecified atom stereocenters. The first-order valence-corrected chi connectivity index (χ1v) is 7.51. The van der Waals surface area contributed by atoms with Crippen LogP contribution in [0.15, 0.2) is 18.2 Å². The van der Waals surface area contributed by atoms with Crippen molar-refractivity contribution in [2.45, 2.75) is 37.8 Å². The van der Waals surface area contributed by atoms with Crippen LogP contribution >= 0.6 is 0 Å². The lowest BCUT2D eigenvalue weighted by Gasteiger charge is -2.28. The van der Waals surface area contributed by atoms with Gasteiger partial charge in [-0.25, -0.2) is 0 Å². The molecular formula is C15H21N3O3. The molecule has 2 fully saturated rings. The molecular weight excluding hydrogens is 270 g/mol. The Morgan fingerprint density at radius 1 is 1.43 bits per heavy atom. The SMILES string of the molecule is COc1cc(N(CC2CCCN2)C2CC2)ccc1[N+](=O)[O-]. The summed E-state index contributed by atoms with van der Waals surface area (Å²) in [5.74, 6) is 0.336. The Hall–Kier alpha value is -1.82. The minimum atomic E-state index is -0.400. The van der Waals surface area contributed by atoms with Crippen LogP contribution in [0.1, 0.15) is 25.7 Å². The lowest BCUT2D eigenvalue weighted by Crippen LogP contribution is -2.38. The molecule has 1 saturated carbocycles. The van der Waals surface area contributed by atoms with E-state index in [9.17, 15) is 10.1 Å². The van der Waals surface area contributed by atoms with E-state index in [4.69, 9.17) is 4.74 Å². The molecule has 1 aromatic rings. The zero-order chi connectivity index (χ0) is 14.8. The predicted octanol–water partition coefficient (Wildman–Crippen LogP) is 2.32. The van der Waals surface area contributed by atoms with Crippen molar-refractivity contribution in [1.29, 1.82) is 0 Å². The summed E-state index contributed by atoms with van der Waals surface area (Å²) in [6.07, 6.45) is 4.83. The maximum atomic E-state index is 11.0. The van der Waals surface area contributed by atoms with Crippen molar-refractivity contribution in [2.75, 3.05) is 25.1 Å². The van der Waals surface area contributed by atoms with E-state index in [1.807, 2.05) is 6.07 Å². The largest absolute Gasteiger partial charge is 0.490 e. The van der Waals surface area contributed by atoms with Gasteiger partial charge in [0.05, 0.1) is 12.0 Å². The summed E-state index contributed by atoms with van der Waals surface area (Å²) in [7, 11) is 1.48. The first kappa shape index (κ1) is 14.1. The number of nitro groups is 1. The number of hydrogen-bond acceptors (Lipinski definition) is 5. The van der Waals surface area contributed by atoms with Crippen molar-refractivity contribution < 1.29 is 9.66 Å². The molecule has 0 radical (unpaired) electrons. The van der Waals surface area contributed by atoms with E-state index < -0.39 is 4.92 Å². The summed E-state index contributed by atoms with van der Waals surface area (Å²) in [5, 5.41) is 14.5. The molecule has 1 atom stereocenters. The quantitative estimate of drug-likeness (QED) is 0.643. The van der Waals surface area contributed by atoms with Gasteiger partial charge in [0.15, 0.2) is 5.75 Å². The molecule has 21 heavy (non-hydrogen) atoms. The number of ether oxygens (including phenoxy) is 1. The van der Waals surface area contributed by atoms with Crippen LogP contribution in [0.25, 0.3) is 0 Å². The minimum absolute atomic E-state index is 0.0241. The Kier molecular flexibility index (Phi) is 3.96. The van der Waals surface area contributed by atoms with Gasteiger partial charge >= 0.3 is 5.69 Å². The number of anilines is 1. The Labute approximate surface area is 124 Å². The van der Waals surface area contributed by atoms with E-state index in [-0.39, 0.29) is 5.69 Å². The van der Waals surface area contributed by atoms with Crippen molar-refractivity contribution in [2.24, 2.45) is 0 Å². The van der Waals surface area contributed by atoms with E-state index in [1.165, 1.54) is 32.8 Å². The molecule has 0 aromatic heterocycles. The Morgan fingerprint density at radius 3 is 2.81 bits per heavy atom. The first-order valence-electron chi connectivity index (χ1n) is 7.51. The van der Waals surface area contributed by atoms with E-state index in [1.54, 1.807) is 12.1 Å². The smallest absolute Gasteiger partial charge is 0.311 e. The van der Waals surface area contributed by atoms with Crippen LogP contribution < -0.4 is 15.0 Å². The average molecular weight is 291 g/mol. The third-order valence-corrected chi connectivity index (χ3v) is 4.26. The number of nitrogens with one attached hydrogen (secondary N) is 1. The van der Waals surface area contributed by atoms with E-state index in [2.05, 4.69) is 10.2 Å². The maximum Gasteiger partial charge on any atom is 0.311 e. The van der Waals surface area contributed by atoms with Gasteiger partial charge in [0.25, 0.3) is 0 Å². The van der Waals surface area contributed by atoms with Crippen LogP contribution in [0.2, 0.25) is 0 Å². The fourth-order valence-corrected chi connectivity index (χ4v) is 3.00. The standard InChI is InChI=1S/C15H21N3O3/c1-21-15-9-13(6-7-14(15)18(19)20)17(12-4-5-12)10-11-3-2-8-16-11/h6-7,9,11-12,16H,2-5,8,10H2,1H3. The van der Waals surface area contributed by atoms with E-state index in [0.717, 1.165) is 18.8 Å². The molecule has 1 aliphatic heterocycles. The van der Waals surface area contributed by atoms with E-state index >= 15 is 0 Å². The van der Waals surface area contributed by atoms with Gasteiger partial charge in [0, 0.05) is 36.4 Å². The predicted molar refractivity (Wildman–Crippen MR) is 81.0 cm³/mol. The lowest BCUT2D eigenvalue weighted by molar-refractivity contribution is -0.385. The lowest BCUT2D eigenvalue weighted by atomic mass is 10.2. The van der Waals surface area contributed by atoms with Crippen LogP contribution in [-0.4, -0.2) is 37.2 Å². The molecule has 3 rings (SSSR count). The molecule has 1 aliphatic carbocycles. The summed E-state index contributed by atoms with van der Waals surface area (Å²) in [6, 6.07) is 6.27. The van der Waals surface area contributed by atoms with Gasteiger partial charge in [-0.3, -0.25) is 10.1 Å². The summed E-state index contributed by atoms with van der Waals surface area (Å²) in [4.78, 5) is 13.0. The van der Waals surface area contributed by atoms with Crippen molar-refractivity contribution >= 4 is 11.4 Å². The molecule has 1 N–H and O–H groups in total. The first-order chi connectivity index (χ1) is 10.2. The van der Waals surface area contributed by atoms with Crippen LogP contribution in [0, 0.1) is 10.1 Å². The monoisotopic (exact) mass is 291 g/mol. The minimum Gasteiger partial charge on any atom is -0.490 e. The summed E-state index contributed by atoms with van der Waals surface area (Å²) >= 11 is 0. The second kappa shape index (κ2) is 5.89. The number of nitro benzene ring substituents is 1. The molecule has 2 aliphatic rings. The molecule has 0 amide bonds. The molecule has 114 valence electrons. The van der Waals surface area contributed by atoms with Crippen molar-refractivity contribution in [3.05, 3.63) is 28.3 Å². The highest BCUT2D eigenvalue weighted by molar-refractivity contribution is 5.60. The highest BCUT2D eigenvalue weighted by Crippen LogP contribution is 2.37. The van der Waals surface area contributed by atoms with Crippen LogP contribution in [0.5, 0.6) is 5.75 Å². The van der Waals surface area contributed by atoms with Crippen molar-refractivity contribution in [3.8, 4) is 5.75 Å². The molecule has 0 spiro atoms. The Balaban J connectivity index is 1.83. The van der Waals surface area contributed by atoms with Gasteiger partial charge in [0.1, 0.15) is 0 Å². The molecule has 1 heterocycles. The van der Waals surface area contributed by atoms with E-state index in [0.29, 0.717) is 17.8 Å². The highest BCUT2D eigenvalue weighted by atomic mass is 16.6. The van der Waals surface area contributed by atoms with Gasteiger partial charge in [-0.2, -0.15) is 0 Å². The molecule has 0 bridgehead atoms. The Bertz CT molecular complexity index is 525. The third-order valence-electron chi connectivity index (χ3n) is 4.26. The van der Waals surface area contributed by atoms with Gasteiger partial charge < -0.3 is 15.0 Å². The normalized spacial score (nSPS) is 21.3. The third kappa shape index (κ3) is 3.10. The van der Waals surface area contributed by atoms with Gasteiger partial charge in [0.2, 0.25) is 0 Å². The summed E-state index contributed by atoms with van der Waals surface area (Å²) in [6.45, 7) is 2.05. The van der Waals surface area contributed by atoms with Gasteiger partial charge in [-0.1, -0.05) is 0 Å². The number of rotatable bonds is 6. The summed E-state index contributed by atoms with van der Waals surface area (Å²) < 4.78 is 5.18. The molecule has 1 aromatic carbocycles. The number of methoxy groups -OCH3 is 1. The van der Waals surface area contributed by atoms with Crippen LogP contribution in [0.3, 0.4) is 0 Å². The second-order valence-electron chi connectivity index (χ2n) is 5.79. The zero-order valence-electron chi connectivity index (χ0n) is 12.2. The number of nitrogens with zero attached hydrogens (tertiary/aromatic N) is 2.